The summed E-state index contributed by atoms with van der Waals surface area (Å²) in [5, 5.41) is 0.830. The Balaban J connectivity index is 1.70. The highest BCUT2D eigenvalue weighted by Crippen LogP contribution is 2.28. The summed E-state index contributed by atoms with van der Waals surface area (Å²) in [5.41, 5.74) is 0.845. The van der Waals surface area contributed by atoms with Crippen LogP contribution >= 0.6 is 23.2 Å². The second-order valence-corrected chi connectivity index (χ2v) is 5.97. The Morgan fingerprint density at radius 3 is 2.36 bits per heavy atom. The van der Waals surface area contributed by atoms with Gasteiger partial charge in [0.05, 0.1) is 6.42 Å². The summed E-state index contributed by atoms with van der Waals surface area (Å²) in [7, 11) is 0. The van der Waals surface area contributed by atoms with Crippen LogP contribution < -0.4 is 9.47 Å². The SMILES string of the molecule is O=C(Cc1ccccc1)Oc1nc(Oc2ccc(Cl)cc2)ccc1Cl. The predicted molar refractivity (Wildman–Crippen MR) is 96.6 cm³/mol. The van der Waals surface area contributed by atoms with Crippen LogP contribution in [0.25, 0.3) is 0 Å². The molecule has 0 bridgehead atoms. The van der Waals surface area contributed by atoms with Gasteiger partial charge in [0.15, 0.2) is 0 Å². The molecular formula is C19H13Cl2NO3. The van der Waals surface area contributed by atoms with Crippen LogP contribution in [0.1, 0.15) is 5.56 Å². The molecule has 0 atom stereocenters. The van der Waals surface area contributed by atoms with E-state index < -0.39 is 5.97 Å². The molecular weight excluding hydrogens is 361 g/mol. The van der Waals surface area contributed by atoms with Crippen molar-refractivity contribution in [1.29, 1.82) is 0 Å². The Kier molecular flexibility index (Phi) is 5.53. The van der Waals surface area contributed by atoms with Crippen molar-refractivity contribution >= 4 is 29.2 Å². The van der Waals surface area contributed by atoms with Crippen LogP contribution in [0.4, 0.5) is 0 Å². The lowest BCUT2D eigenvalue weighted by atomic mass is 10.2. The second-order valence-electron chi connectivity index (χ2n) is 5.13. The van der Waals surface area contributed by atoms with Crippen LogP contribution in [-0.2, 0) is 11.2 Å². The van der Waals surface area contributed by atoms with Crippen molar-refractivity contribution < 1.29 is 14.3 Å². The molecule has 25 heavy (non-hydrogen) atoms. The van der Waals surface area contributed by atoms with E-state index in [1.165, 1.54) is 0 Å². The molecule has 0 saturated heterocycles. The zero-order valence-electron chi connectivity index (χ0n) is 13.0. The minimum Gasteiger partial charge on any atom is -0.439 e. The Morgan fingerprint density at radius 1 is 0.920 bits per heavy atom. The molecule has 0 unspecified atom stereocenters. The third-order valence-electron chi connectivity index (χ3n) is 3.23. The van der Waals surface area contributed by atoms with Crippen LogP contribution in [0.3, 0.4) is 0 Å². The number of carbonyl (C=O) groups is 1. The standard InChI is InChI=1S/C19H13Cl2NO3/c20-14-6-8-15(9-7-14)24-17-11-10-16(21)19(22-17)25-18(23)12-13-4-2-1-3-5-13/h1-11H,12H2. The number of halogens is 2. The average molecular weight is 374 g/mol. The van der Waals surface area contributed by atoms with Gasteiger partial charge in [-0.2, -0.15) is 4.98 Å². The maximum Gasteiger partial charge on any atom is 0.317 e. The van der Waals surface area contributed by atoms with Crippen molar-refractivity contribution in [3.63, 3.8) is 0 Å². The summed E-state index contributed by atoms with van der Waals surface area (Å²) >= 11 is 11.9. The zero-order chi connectivity index (χ0) is 17.6. The first-order valence-electron chi connectivity index (χ1n) is 7.45. The van der Waals surface area contributed by atoms with Gasteiger partial charge >= 0.3 is 5.97 Å². The number of hydrogen-bond donors (Lipinski definition) is 0. The normalized spacial score (nSPS) is 10.3. The summed E-state index contributed by atoms with van der Waals surface area (Å²) in [5.74, 6) is 0.369. The van der Waals surface area contributed by atoms with Crippen LogP contribution in [0, 0.1) is 0 Å². The molecule has 0 spiro atoms. The summed E-state index contributed by atoms with van der Waals surface area (Å²) in [6.45, 7) is 0. The molecule has 0 aliphatic heterocycles. The molecule has 1 aromatic heterocycles. The highest BCUT2D eigenvalue weighted by atomic mass is 35.5. The van der Waals surface area contributed by atoms with Crippen molar-refractivity contribution in [2.75, 3.05) is 0 Å². The number of ether oxygens (including phenoxy) is 2. The van der Waals surface area contributed by atoms with Crippen molar-refractivity contribution in [2.24, 2.45) is 0 Å². The number of carbonyl (C=O) groups excluding carboxylic acids is 1. The van der Waals surface area contributed by atoms with Gasteiger partial charge in [-0.15, -0.1) is 0 Å². The molecule has 0 saturated carbocycles. The van der Waals surface area contributed by atoms with Gasteiger partial charge in [-0.3, -0.25) is 4.79 Å². The molecule has 0 fully saturated rings. The second kappa shape index (κ2) is 8.01. The van der Waals surface area contributed by atoms with E-state index in [0.717, 1.165) is 5.56 Å². The Hall–Kier alpha value is -2.56. The number of rotatable bonds is 5. The van der Waals surface area contributed by atoms with Gasteiger partial charge in [-0.05, 0) is 35.9 Å². The first-order valence-corrected chi connectivity index (χ1v) is 8.20. The quantitative estimate of drug-likeness (QED) is 0.567. The first-order chi connectivity index (χ1) is 12.1. The molecule has 2 aromatic carbocycles. The van der Waals surface area contributed by atoms with Gasteiger partial charge in [0.1, 0.15) is 10.8 Å². The lowest BCUT2D eigenvalue weighted by Gasteiger charge is -2.09. The van der Waals surface area contributed by atoms with E-state index in [1.807, 2.05) is 30.3 Å². The highest BCUT2D eigenvalue weighted by molar-refractivity contribution is 6.32. The van der Waals surface area contributed by atoms with Crippen molar-refractivity contribution in [3.05, 3.63) is 82.3 Å². The van der Waals surface area contributed by atoms with E-state index in [2.05, 4.69) is 4.98 Å². The third-order valence-corrected chi connectivity index (χ3v) is 3.77. The fourth-order valence-corrected chi connectivity index (χ4v) is 2.33. The van der Waals surface area contributed by atoms with Crippen LogP contribution in [0.2, 0.25) is 10.0 Å². The highest BCUT2D eigenvalue weighted by Gasteiger charge is 2.12. The van der Waals surface area contributed by atoms with Crippen LogP contribution in [0.5, 0.6) is 17.5 Å². The van der Waals surface area contributed by atoms with E-state index in [1.54, 1.807) is 36.4 Å². The molecule has 4 nitrogen and oxygen atoms in total. The number of benzene rings is 2. The predicted octanol–water partition coefficient (Wildman–Crippen LogP) is 5.33. The first kappa shape index (κ1) is 17.3. The summed E-state index contributed by atoms with van der Waals surface area (Å²) in [6.07, 6.45) is 0.126. The molecule has 3 rings (SSSR count). The Morgan fingerprint density at radius 2 is 1.64 bits per heavy atom. The Bertz CT molecular complexity index is 868. The topological polar surface area (TPSA) is 48.4 Å². The van der Waals surface area contributed by atoms with E-state index >= 15 is 0 Å². The van der Waals surface area contributed by atoms with E-state index in [-0.39, 0.29) is 23.2 Å². The van der Waals surface area contributed by atoms with Crippen molar-refractivity contribution in [2.45, 2.75) is 6.42 Å². The van der Waals surface area contributed by atoms with Crippen LogP contribution in [-0.4, -0.2) is 11.0 Å². The Labute approximate surface area is 154 Å². The lowest BCUT2D eigenvalue weighted by Crippen LogP contribution is -2.12. The number of aromatic nitrogens is 1. The van der Waals surface area contributed by atoms with E-state index in [9.17, 15) is 4.79 Å². The van der Waals surface area contributed by atoms with E-state index in [0.29, 0.717) is 10.8 Å². The van der Waals surface area contributed by atoms with Gasteiger partial charge in [-0.1, -0.05) is 53.5 Å². The molecule has 0 aliphatic rings. The largest absolute Gasteiger partial charge is 0.439 e. The minimum absolute atomic E-state index is 0.00839. The van der Waals surface area contributed by atoms with Gasteiger partial charge in [0.2, 0.25) is 11.8 Å². The third kappa shape index (κ3) is 4.95. The molecule has 3 aromatic rings. The molecule has 0 N–H and O–H groups in total. The maximum absolute atomic E-state index is 12.1. The van der Waals surface area contributed by atoms with Crippen molar-refractivity contribution in [3.8, 4) is 17.5 Å². The maximum atomic E-state index is 12.1. The monoisotopic (exact) mass is 373 g/mol. The fourth-order valence-electron chi connectivity index (χ4n) is 2.06. The summed E-state index contributed by atoms with van der Waals surface area (Å²) in [6, 6.07) is 19.2. The molecule has 0 aliphatic carbocycles. The van der Waals surface area contributed by atoms with E-state index in [4.69, 9.17) is 32.7 Å². The average Bonchev–Trinajstić information content (AvgIpc) is 2.61. The minimum atomic E-state index is -0.454. The summed E-state index contributed by atoms with van der Waals surface area (Å²) in [4.78, 5) is 16.2. The zero-order valence-corrected chi connectivity index (χ0v) is 14.5. The molecule has 6 heteroatoms. The lowest BCUT2D eigenvalue weighted by molar-refractivity contribution is -0.133. The molecule has 0 radical (unpaired) electrons. The number of hydrogen-bond acceptors (Lipinski definition) is 4. The molecule has 1 heterocycles. The number of pyridine rings is 1. The number of esters is 1. The number of nitrogens with zero attached hydrogens (tertiary/aromatic N) is 1. The smallest absolute Gasteiger partial charge is 0.317 e. The van der Waals surface area contributed by atoms with Gasteiger partial charge in [0, 0.05) is 11.1 Å². The molecule has 126 valence electrons. The molecule has 0 amide bonds. The van der Waals surface area contributed by atoms with Crippen molar-refractivity contribution in [1.82, 2.24) is 4.98 Å². The van der Waals surface area contributed by atoms with Gasteiger partial charge < -0.3 is 9.47 Å². The summed E-state index contributed by atoms with van der Waals surface area (Å²) < 4.78 is 10.9. The van der Waals surface area contributed by atoms with Crippen LogP contribution in [0.15, 0.2) is 66.7 Å². The fraction of sp³-hybridized carbons (Fsp3) is 0.0526. The van der Waals surface area contributed by atoms with Gasteiger partial charge in [0.25, 0.3) is 0 Å². The van der Waals surface area contributed by atoms with Gasteiger partial charge in [-0.25, -0.2) is 0 Å².